The normalized spacial score (nSPS) is 15.0. The molecule has 0 unspecified atom stereocenters. The third kappa shape index (κ3) is 6.02. The first-order valence-corrected chi connectivity index (χ1v) is 8.04. The highest BCUT2D eigenvalue weighted by atomic mass is 19.1. The summed E-state index contributed by atoms with van der Waals surface area (Å²) >= 11 is 0. The zero-order valence-corrected chi connectivity index (χ0v) is 13.5. The van der Waals surface area contributed by atoms with Crippen LogP contribution in [0, 0.1) is 18.7 Å². The van der Waals surface area contributed by atoms with Gasteiger partial charge in [-0.2, -0.15) is 0 Å². The van der Waals surface area contributed by atoms with E-state index in [4.69, 9.17) is 4.74 Å². The molecular weight excluding hydrogens is 281 g/mol. The van der Waals surface area contributed by atoms with Gasteiger partial charge in [-0.15, -0.1) is 0 Å². The number of rotatable bonds is 8. The molecule has 0 spiro atoms. The molecule has 5 heteroatoms. The molecule has 122 valence electrons. The van der Waals surface area contributed by atoms with Gasteiger partial charge in [-0.25, -0.2) is 9.38 Å². The molecule has 0 aromatic heterocycles. The molecule has 1 aromatic carbocycles. The van der Waals surface area contributed by atoms with Crippen molar-refractivity contribution < 1.29 is 9.13 Å². The molecule has 1 aliphatic rings. The second kappa shape index (κ2) is 8.73. The number of nitrogens with one attached hydrogen (secondary N) is 2. The van der Waals surface area contributed by atoms with Crippen LogP contribution in [0.15, 0.2) is 23.2 Å². The minimum atomic E-state index is -0.181. The fourth-order valence-corrected chi connectivity index (χ4v) is 2.02. The number of hydrogen-bond donors (Lipinski definition) is 2. The van der Waals surface area contributed by atoms with E-state index in [-0.39, 0.29) is 5.82 Å². The molecule has 22 heavy (non-hydrogen) atoms. The number of guanidine groups is 1. The molecule has 2 N–H and O–H groups in total. The van der Waals surface area contributed by atoms with Gasteiger partial charge in [0.2, 0.25) is 0 Å². The zero-order chi connectivity index (χ0) is 15.8. The average Bonchev–Trinajstić information content (AvgIpc) is 3.32. The molecule has 0 amide bonds. The highest BCUT2D eigenvalue weighted by molar-refractivity contribution is 5.79. The van der Waals surface area contributed by atoms with Crippen LogP contribution in [0.3, 0.4) is 0 Å². The van der Waals surface area contributed by atoms with Gasteiger partial charge in [0, 0.05) is 19.7 Å². The summed E-state index contributed by atoms with van der Waals surface area (Å²) in [6, 6.07) is 5.23. The summed E-state index contributed by atoms with van der Waals surface area (Å²) in [7, 11) is 0. The quantitative estimate of drug-likeness (QED) is 0.441. The lowest BCUT2D eigenvalue weighted by molar-refractivity contribution is 0.129. The number of ether oxygens (including phenoxy) is 1. The van der Waals surface area contributed by atoms with Crippen molar-refractivity contribution in [3.8, 4) is 0 Å². The summed E-state index contributed by atoms with van der Waals surface area (Å²) in [5, 5.41) is 6.41. The van der Waals surface area contributed by atoms with Gasteiger partial charge in [-0.05, 0) is 49.8 Å². The van der Waals surface area contributed by atoms with Crippen LogP contribution in [-0.4, -0.2) is 32.3 Å². The second-order valence-electron chi connectivity index (χ2n) is 5.72. The second-order valence-corrected chi connectivity index (χ2v) is 5.72. The number of hydrogen-bond acceptors (Lipinski definition) is 2. The zero-order valence-electron chi connectivity index (χ0n) is 13.5. The number of nitrogens with zero attached hydrogens (tertiary/aromatic N) is 1. The molecule has 2 rings (SSSR count). The van der Waals surface area contributed by atoms with Gasteiger partial charge < -0.3 is 15.4 Å². The first kappa shape index (κ1) is 16.7. The van der Waals surface area contributed by atoms with Crippen molar-refractivity contribution in [2.24, 2.45) is 10.9 Å². The smallest absolute Gasteiger partial charge is 0.191 e. The van der Waals surface area contributed by atoms with Crippen LogP contribution in [0.5, 0.6) is 0 Å². The van der Waals surface area contributed by atoms with Crippen molar-refractivity contribution in [1.29, 1.82) is 0 Å². The van der Waals surface area contributed by atoms with Crippen LogP contribution in [-0.2, 0) is 11.3 Å². The van der Waals surface area contributed by atoms with E-state index in [0.29, 0.717) is 18.7 Å². The Morgan fingerprint density at radius 2 is 2.18 bits per heavy atom. The number of halogens is 1. The highest BCUT2D eigenvalue weighted by Crippen LogP contribution is 2.28. The maximum atomic E-state index is 13.5. The molecule has 1 aliphatic carbocycles. The van der Waals surface area contributed by atoms with Crippen molar-refractivity contribution in [3.05, 3.63) is 35.1 Å². The number of aryl methyl sites for hydroxylation is 1. The Balaban J connectivity index is 1.76. The highest BCUT2D eigenvalue weighted by Gasteiger charge is 2.20. The predicted molar refractivity (Wildman–Crippen MR) is 87.5 cm³/mol. The van der Waals surface area contributed by atoms with E-state index in [9.17, 15) is 4.39 Å². The Labute approximate surface area is 132 Å². The molecule has 1 saturated carbocycles. The molecule has 1 fully saturated rings. The minimum Gasteiger partial charge on any atom is -0.379 e. The van der Waals surface area contributed by atoms with E-state index >= 15 is 0 Å². The Hall–Kier alpha value is -1.62. The Morgan fingerprint density at radius 3 is 2.86 bits per heavy atom. The standard InChI is InChI=1S/C17H26FN3O/c1-3-19-17(20-8-9-22-12-14-6-7-14)21-11-15-5-4-13(2)16(18)10-15/h4-5,10,14H,3,6-9,11-12H2,1-2H3,(H2,19,20,21). The summed E-state index contributed by atoms with van der Waals surface area (Å²) in [6.07, 6.45) is 2.62. The van der Waals surface area contributed by atoms with E-state index in [2.05, 4.69) is 15.6 Å². The van der Waals surface area contributed by atoms with Gasteiger partial charge in [0.25, 0.3) is 0 Å². The van der Waals surface area contributed by atoms with Crippen molar-refractivity contribution in [3.63, 3.8) is 0 Å². The van der Waals surface area contributed by atoms with Crippen LogP contribution in [0.1, 0.15) is 30.9 Å². The first-order chi connectivity index (χ1) is 10.7. The number of benzene rings is 1. The third-order valence-corrected chi connectivity index (χ3v) is 3.59. The Morgan fingerprint density at radius 1 is 1.36 bits per heavy atom. The third-order valence-electron chi connectivity index (χ3n) is 3.59. The molecule has 0 saturated heterocycles. The first-order valence-electron chi connectivity index (χ1n) is 8.04. The van der Waals surface area contributed by atoms with Crippen LogP contribution in [0.2, 0.25) is 0 Å². The van der Waals surface area contributed by atoms with Crippen molar-refractivity contribution in [1.82, 2.24) is 10.6 Å². The van der Waals surface area contributed by atoms with E-state index in [0.717, 1.165) is 37.1 Å². The summed E-state index contributed by atoms with van der Waals surface area (Å²) in [5.41, 5.74) is 1.52. The lowest BCUT2D eigenvalue weighted by atomic mass is 10.1. The Kier molecular flexibility index (Phi) is 6.65. The van der Waals surface area contributed by atoms with E-state index in [1.165, 1.54) is 12.8 Å². The van der Waals surface area contributed by atoms with E-state index in [1.807, 2.05) is 13.0 Å². The maximum Gasteiger partial charge on any atom is 0.191 e. The van der Waals surface area contributed by atoms with Gasteiger partial charge in [0.15, 0.2) is 5.96 Å². The van der Waals surface area contributed by atoms with Gasteiger partial charge in [-0.3, -0.25) is 0 Å². The van der Waals surface area contributed by atoms with Crippen LogP contribution in [0.25, 0.3) is 0 Å². The van der Waals surface area contributed by atoms with Crippen molar-refractivity contribution >= 4 is 5.96 Å². The molecule has 4 nitrogen and oxygen atoms in total. The molecule has 1 aromatic rings. The summed E-state index contributed by atoms with van der Waals surface area (Å²) in [6.45, 7) is 7.30. The van der Waals surface area contributed by atoms with Gasteiger partial charge in [0.1, 0.15) is 5.82 Å². The molecule has 0 atom stereocenters. The molecule has 0 radical (unpaired) electrons. The fraction of sp³-hybridized carbons (Fsp3) is 0.588. The Bertz CT molecular complexity index is 501. The van der Waals surface area contributed by atoms with Crippen LogP contribution < -0.4 is 10.6 Å². The van der Waals surface area contributed by atoms with E-state index < -0.39 is 0 Å². The van der Waals surface area contributed by atoms with Gasteiger partial charge in [0.05, 0.1) is 13.2 Å². The maximum absolute atomic E-state index is 13.5. The topological polar surface area (TPSA) is 45.7 Å². The average molecular weight is 307 g/mol. The SMILES string of the molecule is CCNC(=NCc1ccc(C)c(F)c1)NCCOCC1CC1. The molecule has 0 aliphatic heterocycles. The van der Waals surface area contributed by atoms with Crippen molar-refractivity contribution in [2.75, 3.05) is 26.3 Å². The summed E-state index contributed by atoms with van der Waals surface area (Å²) in [4.78, 5) is 4.47. The summed E-state index contributed by atoms with van der Waals surface area (Å²) < 4.78 is 19.1. The lowest BCUT2D eigenvalue weighted by Crippen LogP contribution is -2.39. The van der Waals surface area contributed by atoms with Crippen LogP contribution in [0.4, 0.5) is 4.39 Å². The van der Waals surface area contributed by atoms with Crippen LogP contribution >= 0.6 is 0 Å². The minimum absolute atomic E-state index is 0.181. The largest absolute Gasteiger partial charge is 0.379 e. The van der Waals surface area contributed by atoms with Crippen molar-refractivity contribution in [2.45, 2.75) is 33.2 Å². The lowest BCUT2D eigenvalue weighted by Gasteiger charge is -2.11. The van der Waals surface area contributed by atoms with Gasteiger partial charge in [-0.1, -0.05) is 12.1 Å². The molecule has 0 bridgehead atoms. The summed E-state index contributed by atoms with van der Waals surface area (Å²) in [5.74, 6) is 1.34. The fourth-order valence-electron chi connectivity index (χ4n) is 2.02. The predicted octanol–water partition coefficient (Wildman–Crippen LogP) is 2.62. The van der Waals surface area contributed by atoms with Gasteiger partial charge >= 0.3 is 0 Å². The van der Waals surface area contributed by atoms with E-state index in [1.54, 1.807) is 19.1 Å². The monoisotopic (exact) mass is 307 g/mol. The molecule has 0 heterocycles. The molecular formula is C17H26FN3O. The number of aliphatic imine (C=N–C) groups is 1.